The standard InChI is InChI=1S/C16H32N2O/c1-14(2)7-9-17-10-11-18(13-16(17)8-12-19)15-5-3-4-6-15/h14-16,19H,3-13H2,1-2H3/t16-/m1/s1. The Balaban J connectivity index is 1.85. The van der Waals surface area contributed by atoms with Crippen molar-refractivity contribution in [1.82, 2.24) is 9.80 Å². The summed E-state index contributed by atoms with van der Waals surface area (Å²) in [6.07, 6.45) is 7.87. The summed E-state index contributed by atoms with van der Waals surface area (Å²) in [4.78, 5) is 5.33. The fourth-order valence-corrected chi connectivity index (χ4v) is 3.66. The van der Waals surface area contributed by atoms with Crippen LogP contribution in [0.2, 0.25) is 0 Å². The molecule has 1 aliphatic heterocycles. The number of hydrogen-bond acceptors (Lipinski definition) is 3. The zero-order chi connectivity index (χ0) is 13.7. The molecule has 0 bridgehead atoms. The molecule has 2 rings (SSSR count). The van der Waals surface area contributed by atoms with Gasteiger partial charge < -0.3 is 5.11 Å². The Bertz CT molecular complexity index is 251. The monoisotopic (exact) mass is 268 g/mol. The summed E-state index contributed by atoms with van der Waals surface area (Å²) >= 11 is 0. The molecule has 1 saturated carbocycles. The zero-order valence-corrected chi connectivity index (χ0v) is 12.9. The van der Waals surface area contributed by atoms with E-state index in [9.17, 15) is 5.11 Å². The van der Waals surface area contributed by atoms with E-state index in [0.29, 0.717) is 12.6 Å². The molecule has 1 N–H and O–H groups in total. The summed E-state index contributed by atoms with van der Waals surface area (Å²) < 4.78 is 0. The smallest absolute Gasteiger partial charge is 0.0446 e. The summed E-state index contributed by atoms with van der Waals surface area (Å²) in [5.74, 6) is 0.780. The molecule has 0 spiro atoms. The molecule has 1 atom stereocenters. The number of nitrogens with zero attached hydrogens (tertiary/aromatic N) is 2. The molecule has 1 saturated heterocycles. The van der Waals surface area contributed by atoms with Crippen LogP contribution in [-0.2, 0) is 0 Å². The Kier molecular flexibility index (Phi) is 6.11. The van der Waals surface area contributed by atoms with Crippen molar-refractivity contribution < 1.29 is 5.11 Å². The number of aliphatic hydroxyl groups excluding tert-OH is 1. The van der Waals surface area contributed by atoms with E-state index < -0.39 is 0 Å². The summed E-state index contributed by atoms with van der Waals surface area (Å²) in [6.45, 7) is 9.77. The molecule has 1 heterocycles. The van der Waals surface area contributed by atoms with Crippen molar-refractivity contribution in [2.24, 2.45) is 5.92 Å². The first-order valence-corrected chi connectivity index (χ1v) is 8.29. The van der Waals surface area contributed by atoms with Gasteiger partial charge in [0.1, 0.15) is 0 Å². The van der Waals surface area contributed by atoms with Crippen LogP contribution in [0.25, 0.3) is 0 Å². The van der Waals surface area contributed by atoms with E-state index in [-0.39, 0.29) is 0 Å². The fraction of sp³-hybridized carbons (Fsp3) is 1.00. The van der Waals surface area contributed by atoms with Crippen LogP contribution in [0.5, 0.6) is 0 Å². The molecule has 2 aliphatic rings. The van der Waals surface area contributed by atoms with Crippen molar-refractivity contribution in [2.45, 2.75) is 64.5 Å². The average Bonchev–Trinajstić information content (AvgIpc) is 2.91. The van der Waals surface area contributed by atoms with E-state index >= 15 is 0 Å². The van der Waals surface area contributed by atoms with Crippen LogP contribution in [0.4, 0.5) is 0 Å². The minimum absolute atomic E-state index is 0.335. The van der Waals surface area contributed by atoms with Crippen LogP contribution in [0.3, 0.4) is 0 Å². The van der Waals surface area contributed by atoms with Gasteiger partial charge in [-0.1, -0.05) is 26.7 Å². The van der Waals surface area contributed by atoms with Gasteiger partial charge in [0.25, 0.3) is 0 Å². The highest BCUT2D eigenvalue weighted by Gasteiger charge is 2.31. The maximum absolute atomic E-state index is 9.32. The molecule has 19 heavy (non-hydrogen) atoms. The van der Waals surface area contributed by atoms with Crippen molar-refractivity contribution >= 4 is 0 Å². The number of aliphatic hydroxyl groups is 1. The third-order valence-corrected chi connectivity index (χ3v) is 4.93. The second-order valence-corrected chi connectivity index (χ2v) is 6.82. The van der Waals surface area contributed by atoms with Crippen LogP contribution in [0.1, 0.15) is 52.4 Å². The molecule has 3 heteroatoms. The van der Waals surface area contributed by atoms with E-state index in [0.717, 1.165) is 18.4 Å². The first-order chi connectivity index (χ1) is 9.20. The molecular weight excluding hydrogens is 236 g/mol. The first-order valence-electron chi connectivity index (χ1n) is 8.29. The summed E-state index contributed by atoms with van der Waals surface area (Å²) in [6, 6.07) is 1.42. The molecule has 0 aromatic rings. The summed E-state index contributed by atoms with van der Waals surface area (Å²) in [5.41, 5.74) is 0. The molecule has 1 aliphatic carbocycles. The van der Waals surface area contributed by atoms with Gasteiger partial charge in [0.2, 0.25) is 0 Å². The molecule has 0 radical (unpaired) electrons. The second kappa shape index (κ2) is 7.61. The van der Waals surface area contributed by atoms with Crippen LogP contribution in [0.15, 0.2) is 0 Å². The molecular formula is C16H32N2O. The molecule has 0 unspecified atom stereocenters. The molecule has 2 fully saturated rings. The number of rotatable bonds is 6. The van der Waals surface area contributed by atoms with Gasteiger partial charge in [0.05, 0.1) is 0 Å². The predicted molar refractivity (Wildman–Crippen MR) is 80.3 cm³/mol. The van der Waals surface area contributed by atoms with Gasteiger partial charge in [-0.3, -0.25) is 9.80 Å². The first kappa shape index (κ1) is 15.3. The van der Waals surface area contributed by atoms with E-state index in [1.807, 2.05) is 0 Å². The fourth-order valence-electron chi connectivity index (χ4n) is 3.66. The molecule has 0 aromatic heterocycles. The quantitative estimate of drug-likeness (QED) is 0.801. The second-order valence-electron chi connectivity index (χ2n) is 6.82. The maximum atomic E-state index is 9.32. The lowest BCUT2D eigenvalue weighted by Gasteiger charge is -2.44. The van der Waals surface area contributed by atoms with Gasteiger partial charge in [0.15, 0.2) is 0 Å². The Hall–Kier alpha value is -0.120. The Morgan fingerprint density at radius 2 is 1.89 bits per heavy atom. The largest absolute Gasteiger partial charge is 0.396 e. The van der Waals surface area contributed by atoms with Gasteiger partial charge in [-0.2, -0.15) is 0 Å². The Morgan fingerprint density at radius 1 is 1.16 bits per heavy atom. The number of piperazine rings is 1. The van der Waals surface area contributed by atoms with Gasteiger partial charge >= 0.3 is 0 Å². The van der Waals surface area contributed by atoms with Crippen molar-refractivity contribution in [3.63, 3.8) is 0 Å². The minimum Gasteiger partial charge on any atom is -0.396 e. The highest BCUT2D eigenvalue weighted by atomic mass is 16.3. The number of hydrogen-bond donors (Lipinski definition) is 1. The van der Waals surface area contributed by atoms with Crippen LogP contribution in [0, 0.1) is 5.92 Å². The lowest BCUT2D eigenvalue weighted by Crippen LogP contribution is -2.55. The Morgan fingerprint density at radius 3 is 2.53 bits per heavy atom. The van der Waals surface area contributed by atoms with Crippen molar-refractivity contribution in [1.29, 1.82) is 0 Å². The molecule has 0 aromatic carbocycles. The minimum atomic E-state index is 0.335. The SMILES string of the molecule is CC(C)CCN1CCN(C2CCCC2)C[C@H]1CCO. The highest BCUT2D eigenvalue weighted by molar-refractivity contribution is 4.87. The third kappa shape index (κ3) is 4.44. The molecule has 112 valence electrons. The van der Waals surface area contributed by atoms with E-state index in [1.54, 1.807) is 0 Å². The van der Waals surface area contributed by atoms with Gasteiger partial charge in [-0.05, 0) is 38.1 Å². The third-order valence-electron chi connectivity index (χ3n) is 4.93. The van der Waals surface area contributed by atoms with E-state index in [4.69, 9.17) is 0 Å². The van der Waals surface area contributed by atoms with Crippen LogP contribution in [-0.4, -0.2) is 59.8 Å². The normalized spacial score (nSPS) is 27.5. The van der Waals surface area contributed by atoms with Crippen molar-refractivity contribution in [3.05, 3.63) is 0 Å². The van der Waals surface area contributed by atoms with Gasteiger partial charge in [-0.15, -0.1) is 0 Å². The van der Waals surface area contributed by atoms with Crippen molar-refractivity contribution in [2.75, 3.05) is 32.8 Å². The average molecular weight is 268 g/mol. The van der Waals surface area contributed by atoms with E-state index in [1.165, 1.54) is 58.3 Å². The molecule has 3 nitrogen and oxygen atoms in total. The van der Waals surface area contributed by atoms with Crippen LogP contribution >= 0.6 is 0 Å². The Labute approximate surface area is 119 Å². The lowest BCUT2D eigenvalue weighted by molar-refractivity contribution is 0.0350. The highest BCUT2D eigenvalue weighted by Crippen LogP contribution is 2.26. The van der Waals surface area contributed by atoms with Gasteiger partial charge in [0, 0.05) is 38.3 Å². The van der Waals surface area contributed by atoms with E-state index in [2.05, 4.69) is 23.6 Å². The maximum Gasteiger partial charge on any atom is 0.0446 e. The summed E-state index contributed by atoms with van der Waals surface area (Å²) in [5, 5.41) is 9.32. The van der Waals surface area contributed by atoms with Gasteiger partial charge in [-0.25, -0.2) is 0 Å². The van der Waals surface area contributed by atoms with Crippen LogP contribution < -0.4 is 0 Å². The topological polar surface area (TPSA) is 26.7 Å². The summed E-state index contributed by atoms with van der Waals surface area (Å²) in [7, 11) is 0. The van der Waals surface area contributed by atoms with Crippen molar-refractivity contribution in [3.8, 4) is 0 Å². The molecule has 0 amide bonds. The predicted octanol–water partition coefficient (Wildman–Crippen LogP) is 2.34. The zero-order valence-electron chi connectivity index (χ0n) is 12.9. The lowest BCUT2D eigenvalue weighted by atomic mass is 10.0.